The number of hydrogen-bond donors (Lipinski definition) is 2. The van der Waals surface area contributed by atoms with Crippen molar-refractivity contribution in [1.29, 1.82) is 0 Å². The standard InChI is InChI=1S/C22H27NO5/c1-4-26-21(22(24)25)14-17-9-11-19(12-10-17)27-15-20(23-28-5-2)18-8-6-7-16(3)13-18/h6-13,15,21,23H,4-5,14H2,1-3H3,(H,24,25). The molecule has 0 heterocycles. The number of aliphatic carboxylic acids is 1. The van der Waals surface area contributed by atoms with Gasteiger partial charge in [-0.1, -0.05) is 35.9 Å². The van der Waals surface area contributed by atoms with Crippen LogP contribution in [0.15, 0.2) is 54.8 Å². The Labute approximate surface area is 165 Å². The lowest BCUT2D eigenvalue weighted by molar-refractivity contribution is -0.149. The Bertz CT molecular complexity index is 786. The summed E-state index contributed by atoms with van der Waals surface area (Å²) in [6, 6.07) is 15.3. The molecule has 0 bridgehead atoms. The van der Waals surface area contributed by atoms with Crippen molar-refractivity contribution in [2.45, 2.75) is 33.3 Å². The van der Waals surface area contributed by atoms with E-state index < -0.39 is 12.1 Å². The Hall–Kier alpha value is -2.83. The van der Waals surface area contributed by atoms with Gasteiger partial charge in [0, 0.05) is 18.6 Å². The molecule has 0 aromatic heterocycles. The van der Waals surface area contributed by atoms with Crippen LogP contribution in [0, 0.1) is 6.92 Å². The minimum Gasteiger partial charge on any atom is -0.479 e. The Morgan fingerprint density at radius 1 is 1.14 bits per heavy atom. The van der Waals surface area contributed by atoms with Gasteiger partial charge in [0.05, 0.1) is 6.61 Å². The summed E-state index contributed by atoms with van der Waals surface area (Å²) in [5, 5.41) is 9.19. The fraction of sp³-hybridized carbons (Fsp3) is 0.318. The average molecular weight is 385 g/mol. The zero-order valence-electron chi connectivity index (χ0n) is 16.5. The van der Waals surface area contributed by atoms with Crippen molar-refractivity contribution in [2.24, 2.45) is 0 Å². The van der Waals surface area contributed by atoms with E-state index in [1.54, 1.807) is 25.3 Å². The molecule has 0 radical (unpaired) electrons. The summed E-state index contributed by atoms with van der Waals surface area (Å²) in [6.07, 6.45) is 1.05. The molecule has 0 aliphatic rings. The van der Waals surface area contributed by atoms with Crippen LogP contribution < -0.4 is 10.2 Å². The Morgan fingerprint density at radius 3 is 2.50 bits per heavy atom. The highest BCUT2D eigenvalue weighted by Crippen LogP contribution is 2.18. The van der Waals surface area contributed by atoms with Crippen molar-refractivity contribution < 1.29 is 24.2 Å². The maximum absolute atomic E-state index is 11.2. The maximum atomic E-state index is 11.2. The molecule has 0 saturated heterocycles. The second-order valence-corrected chi connectivity index (χ2v) is 6.18. The Kier molecular flexibility index (Phi) is 8.52. The first-order chi connectivity index (χ1) is 13.5. The fourth-order valence-corrected chi connectivity index (χ4v) is 2.58. The quantitative estimate of drug-likeness (QED) is 0.451. The monoisotopic (exact) mass is 385 g/mol. The van der Waals surface area contributed by atoms with Crippen LogP contribution in [0.5, 0.6) is 5.75 Å². The number of aryl methyl sites for hydroxylation is 1. The van der Waals surface area contributed by atoms with Gasteiger partial charge in [0.15, 0.2) is 6.10 Å². The smallest absolute Gasteiger partial charge is 0.333 e. The van der Waals surface area contributed by atoms with Gasteiger partial charge >= 0.3 is 5.97 Å². The molecule has 0 amide bonds. The molecule has 2 N–H and O–H groups in total. The van der Waals surface area contributed by atoms with Gasteiger partial charge in [0.1, 0.15) is 17.7 Å². The van der Waals surface area contributed by atoms with Crippen LogP contribution >= 0.6 is 0 Å². The number of carboxylic acids is 1. The predicted molar refractivity (Wildman–Crippen MR) is 108 cm³/mol. The van der Waals surface area contributed by atoms with Crippen LogP contribution in [-0.2, 0) is 20.8 Å². The lowest BCUT2D eigenvalue weighted by Crippen LogP contribution is -2.26. The number of benzene rings is 2. The minimum absolute atomic E-state index is 0.305. The Morgan fingerprint density at radius 2 is 1.89 bits per heavy atom. The van der Waals surface area contributed by atoms with Crippen molar-refractivity contribution in [2.75, 3.05) is 13.2 Å². The largest absolute Gasteiger partial charge is 0.479 e. The molecule has 2 aromatic rings. The topological polar surface area (TPSA) is 77.0 Å². The first-order valence-electron chi connectivity index (χ1n) is 9.28. The summed E-state index contributed by atoms with van der Waals surface area (Å²) in [5.41, 5.74) is 6.55. The van der Waals surface area contributed by atoms with E-state index in [9.17, 15) is 9.90 Å². The summed E-state index contributed by atoms with van der Waals surface area (Å²) >= 11 is 0. The first-order valence-corrected chi connectivity index (χ1v) is 9.28. The van der Waals surface area contributed by atoms with Crippen molar-refractivity contribution in [3.05, 3.63) is 71.5 Å². The Balaban J connectivity index is 2.08. The molecule has 2 rings (SSSR count). The van der Waals surface area contributed by atoms with Crippen LogP contribution in [0.25, 0.3) is 5.70 Å². The van der Waals surface area contributed by atoms with Crippen molar-refractivity contribution in [1.82, 2.24) is 5.48 Å². The molecule has 150 valence electrons. The van der Waals surface area contributed by atoms with Gasteiger partial charge in [-0.15, -0.1) is 0 Å². The first kappa shape index (κ1) is 21.5. The summed E-state index contributed by atoms with van der Waals surface area (Å²) in [6.45, 7) is 6.57. The van der Waals surface area contributed by atoms with Crippen molar-refractivity contribution in [3.63, 3.8) is 0 Å². The summed E-state index contributed by atoms with van der Waals surface area (Å²) in [7, 11) is 0. The third kappa shape index (κ3) is 6.72. The average Bonchev–Trinajstić information content (AvgIpc) is 2.68. The van der Waals surface area contributed by atoms with Crippen LogP contribution in [-0.4, -0.2) is 30.4 Å². The zero-order valence-corrected chi connectivity index (χ0v) is 16.5. The third-order valence-corrected chi connectivity index (χ3v) is 3.96. The molecule has 2 aromatic carbocycles. The molecule has 6 heteroatoms. The molecule has 0 aliphatic carbocycles. The van der Waals surface area contributed by atoms with Gasteiger partial charge in [0.25, 0.3) is 0 Å². The van der Waals surface area contributed by atoms with Crippen LogP contribution in [0.4, 0.5) is 0 Å². The molecular weight excluding hydrogens is 358 g/mol. The van der Waals surface area contributed by atoms with Gasteiger partial charge in [0.2, 0.25) is 0 Å². The molecule has 0 saturated carbocycles. The SMILES string of the molecule is CCONC(=COc1ccc(CC(OCC)C(=O)O)cc1)c1cccc(C)c1. The third-order valence-electron chi connectivity index (χ3n) is 3.96. The molecule has 0 aliphatic heterocycles. The molecule has 1 unspecified atom stereocenters. The maximum Gasteiger partial charge on any atom is 0.333 e. The lowest BCUT2D eigenvalue weighted by atomic mass is 10.1. The van der Waals surface area contributed by atoms with Gasteiger partial charge in [-0.05, 0) is 44.5 Å². The number of carboxylic acid groups (broad SMARTS) is 1. The van der Waals surface area contributed by atoms with E-state index in [2.05, 4.69) is 5.48 Å². The van der Waals surface area contributed by atoms with E-state index in [1.165, 1.54) is 0 Å². The second kappa shape index (κ2) is 11.1. The summed E-state index contributed by atoms with van der Waals surface area (Å²) in [5.74, 6) is -0.328. The number of hydrogen-bond acceptors (Lipinski definition) is 5. The molecule has 28 heavy (non-hydrogen) atoms. The minimum atomic E-state index is -0.963. The van der Waals surface area contributed by atoms with E-state index >= 15 is 0 Å². The zero-order chi connectivity index (χ0) is 20.4. The molecule has 6 nitrogen and oxygen atoms in total. The number of nitrogens with one attached hydrogen (secondary N) is 1. The highest BCUT2D eigenvalue weighted by Gasteiger charge is 2.17. The lowest BCUT2D eigenvalue weighted by Gasteiger charge is -2.13. The second-order valence-electron chi connectivity index (χ2n) is 6.18. The predicted octanol–water partition coefficient (Wildman–Crippen LogP) is 3.95. The molecule has 0 fully saturated rings. The van der Waals surface area contributed by atoms with E-state index in [0.29, 0.717) is 31.1 Å². The summed E-state index contributed by atoms with van der Waals surface area (Å²) in [4.78, 5) is 16.5. The van der Waals surface area contributed by atoms with E-state index in [-0.39, 0.29) is 0 Å². The van der Waals surface area contributed by atoms with E-state index in [0.717, 1.165) is 16.7 Å². The van der Waals surface area contributed by atoms with E-state index in [4.69, 9.17) is 14.3 Å². The molecular formula is C22H27NO5. The van der Waals surface area contributed by atoms with Crippen molar-refractivity contribution in [3.8, 4) is 5.75 Å². The number of hydroxylamine groups is 1. The highest BCUT2D eigenvalue weighted by atomic mass is 16.6. The molecule has 0 spiro atoms. The van der Waals surface area contributed by atoms with Gasteiger partial charge < -0.3 is 14.6 Å². The van der Waals surface area contributed by atoms with Crippen LogP contribution in [0.1, 0.15) is 30.5 Å². The number of carbonyl (C=O) groups is 1. The number of ether oxygens (including phenoxy) is 2. The molecule has 1 atom stereocenters. The van der Waals surface area contributed by atoms with Crippen molar-refractivity contribution >= 4 is 11.7 Å². The number of rotatable bonds is 11. The van der Waals surface area contributed by atoms with Gasteiger partial charge in [-0.25, -0.2) is 4.79 Å². The summed E-state index contributed by atoms with van der Waals surface area (Å²) < 4.78 is 11.0. The van der Waals surface area contributed by atoms with E-state index in [1.807, 2.05) is 50.2 Å². The van der Waals surface area contributed by atoms with Gasteiger partial charge in [-0.3, -0.25) is 10.3 Å². The normalized spacial score (nSPS) is 12.5. The van der Waals surface area contributed by atoms with Crippen LogP contribution in [0.3, 0.4) is 0 Å². The highest BCUT2D eigenvalue weighted by molar-refractivity contribution is 5.72. The van der Waals surface area contributed by atoms with Crippen LogP contribution in [0.2, 0.25) is 0 Å². The van der Waals surface area contributed by atoms with Gasteiger partial charge in [-0.2, -0.15) is 0 Å². The fourth-order valence-electron chi connectivity index (χ4n) is 2.58.